The first-order chi connectivity index (χ1) is 12.7. The number of carbonyl (C=O) groups is 1. The Morgan fingerprint density at radius 1 is 0.885 bits per heavy atom. The first-order valence-corrected chi connectivity index (χ1v) is 9.30. The van der Waals surface area contributed by atoms with Crippen molar-refractivity contribution in [3.8, 4) is 5.75 Å². The zero-order valence-corrected chi connectivity index (χ0v) is 15.9. The predicted molar refractivity (Wildman–Crippen MR) is 108 cm³/mol. The van der Waals surface area contributed by atoms with E-state index in [1.165, 1.54) is 5.56 Å². The van der Waals surface area contributed by atoms with Crippen LogP contribution >= 0.6 is 15.9 Å². The van der Waals surface area contributed by atoms with Crippen molar-refractivity contribution in [3.63, 3.8) is 0 Å². The van der Waals surface area contributed by atoms with E-state index in [-0.39, 0.29) is 5.91 Å². The zero-order valence-electron chi connectivity index (χ0n) is 14.3. The van der Waals surface area contributed by atoms with Gasteiger partial charge in [0.05, 0.1) is 12.1 Å². The van der Waals surface area contributed by atoms with E-state index in [0.717, 1.165) is 22.2 Å². The van der Waals surface area contributed by atoms with Crippen LogP contribution in [-0.4, -0.2) is 19.1 Å². The second kappa shape index (κ2) is 9.20. The number of ether oxygens (including phenoxy) is 1. The molecule has 3 aromatic rings. The van der Waals surface area contributed by atoms with E-state index in [9.17, 15) is 4.79 Å². The minimum absolute atomic E-state index is 0.112. The lowest BCUT2D eigenvalue weighted by Crippen LogP contribution is -2.28. The highest BCUT2D eigenvalue weighted by Crippen LogP contribution is 2.21. The van der Waals surface area contributed by atoms with Crippen molar-refractivity contribution in [2.75, 3.05) is 13.2 Å². The molecule has 3 nitrogen and oxygen atoms in total. The SMILES string of the molecule is O=C(NCCOc1ccccc1Cc1ccccc1)c1ccccc1Br. The van der Waals surface area contributed by atoms with E-state index in [1.54, 1.807) is 6.07 Å². The van der Waals surface area contributed by atoms with E-state index in [0.29, 0.717) is 18.7 Å². The molecule has 0 saturated carbocycles. The number of hydrogen-bond donors (Lipinski definition) is 1. The number of benzene rings is 3. The molecule has 3 rings (SSSR count). The first-order valence-electron chi connectivity index (χ1n) is 8.51. The second-order valence-corrected chi connectivity index (χ2v) is 6.71. The highest BCUT2D eigenvalue weighted by atomic mass is 79.9. The highest BCUT2D eigenvalue weighted by Gasteiger charge is 2.09. The monoisotopic (exact) mass is 409 g/mol. The van der Waals surface area contributed by atoms with Crippen molar-refractivity contribution in [1.82, 2.24) is 5.32 Å². The number of amides is 1. The molecule has 0 heterocycles. The van der Waals surface area contributed by atoms with Gasteiger partial charge in [0.1, 0.15) is 12.4 Å². The number of para-hydroxylation sites is 1. The molecular weight excluding hydrogens is 390 g/mol. The number of rotatable bonds is 7. The fourth-order valence-electron chi connectivity index (χ4n) is 2.67. The summed E-state index contributed by atoms with van der Waals surface area (Å²) in [6.45, 7) is 0.863. The molecule has 0 aromatic heterocycles. The number of halogens is 1. The largest absolute Gasteiger partial charge is 0.491 e. The maximum absolute atomic E-state index is 12.2. The summed E-state index contributed by atoms with van der Waals surface area (Å²) in [6, 6.07) is 25.7. The van der Waals surface area contributed by atoms with Gasteiger partial charge >= 0.3 is 0 Å². The van der Waals surface area contributed by atoms with Crippen LogP contribution in [0.3, 0.4) is 0 Å². The molecule has 0 aliphatic rings. The Labute approximate surface area is 162 Å². The van der Waals surface area contributed by atoms with Crippen LogP contribution in [0.1, 0.15) is 21.5 Å². The van der Waals surface area contributed by atoms with Gasteiger partial charge in [0, 0.05) is 10.9 Å². The van der Waals surface area contributed by atoms with Crippen molar-refractivity contribution >= 4 is 21.8 Å². The summed E-state index contributed by atoms with van der Waals surface area (Å²) in [7, 11) is 0. The Kier molecular flexibility index (Phi) is 6.45. The van der Waals surface area contributed by atoms with Crippen molar-refractivity contribution in [3.05, 3.63) is 100 Å². The lowest BCUT2D eigenvalue weighted by atomic mass is 10.0. The average molecular weight is 410 g/mol. The van der Waals surface area contributed by atoms with Crippen LogP contribution in [0.4, 0.5) is 0 Å². The predicted octanol–water partition coefficient (Wildman–Crippen LogP) is 4.85. The summed E-state index contributed by atoms with van der Waals surface area (Å²) in [5.74, 6) is 0.741. The zero-order chi connectivity index (χ0) is 18.2. The molecule has 0 fully saturated rings. The Bertz CT molecular complexity index is 865. The van der Waals surface area contributed by atoms with Gasteiger partial charge in [-0.25, -0.2) is 0 Å². The van der Waals surface area contributed by atoms with Gasteiger partial charge in [0.15, 0.2) is 0 Å². The van der Waals surface area contributed by atoms with E-state index in [4.69, 9.17) is 4.74 Å². The molecule has 0 bridgehead atoms. The van der Waals surface area contributed by atoms with Gasteiger partial charge < -0.3 is 10.1 Å². The second-order valence-electron chi connectivity index (χ2n) is 5.85. The van der Waals surface area contributed by atoms with Gasteiger partial charge in [-0.1, -0.05) is 60.7 Å². The summed E-state index contributed by atoms with van der Waals surface area (Å²) in [5, 5.41) is 2.89. The van der Waals surface area contributed by atoms with Crippen LogP contribution < -0.4 is 10.1 Å². The number of hydrogen-bond acceptors (Lipinski definition) is 2. The maximum Gasteiger partial charge on any atom is 0.252 e. The van der Waals surface area contributed by atoms with Crippen LogP contribution in [0.5, 0.6) is 5.75 Å². The molecule has 0 atom stereocenters. The van der Waals surface area contributed by atoms with Crippen molar-refractivity contribution in [2.24, 2.45) is 0 Å². The highest BCUT2D eigenvalue weighted by molar-refractivity contribution is 9.10. The minimum atomic E-state index is -0.112. The van der Waals surface area contributed by atoms with Crippen LogP contribution in [0.25, 0.3) is 0 Å². The van der Waals surface area contributed by atoms with Crippen molar-refractivity contribution in [1.29, 1.82) is 0 Å². The molecular formula is C22H20BrNO2. The molecule has 26 heavy (non-hydrogen) atoms. The smallest absolute Gasteiger partial charge is 0.252 e. The summed E-state index contributed by atoms with van der Waals surface area (Å²) >= 11 is 3.39. The average Bonchev–Trinajstić information content (AvgIpc) is 2.67. The van der Waals surface area contributed by atoms with E-state index < -0.39 is 0 Å². The summed E-state index contributed by atoms with van der Waals surface area (Å²) in [5.41, 5.74) is 3.00. The Hall–Kier alpha value is -2.59. The quantitative estimate of drug-likeness (QED) is 0.566. The first kappa shape index (κ1) is 18.2. The third-order valence-electron chi connectivity index (χ3n) is 3.97. The molecule has 132 valence electrons. The van der Waals surface area contributed by atoms with E-state index >= 15 is 0 Å². The van der Waals surface area contributed by atoms with Crippen LogP contribution in [0.15, 0.2) is 83.3 Å². The van der Waals surface area contributed by atoms with Gasteiger partial charge in [-0.15, -0.1) is 0 Å². The number of nitrogens with one attached hydrogen (secondary N) is 1. The molecule has 4 heteroatoms. The Balaban J connectivity index is 1.54. The third-order valence-corrected chi connectivity index (χ3v) is 4.67. The Morgan fingerprint density at radius 2 is 1.58 bits per heavy atom. The molecule has 0 radical (unpaired) electrons. The topological polar surface area (TPSA) is 38.3 Å². The molecule has 0 aliphatic carbocycles. The third kappa shape index (κ3) is 4.96. The summed E-state index contributed by atoms with van der Waals surface area (Å²) < 4.78 is 6.68. The standard InChI is InChI=1S/C22H20BrNO2/c23-20-12-6-5-11-19(20)22(25)24-14-15-26-21-13-7-4-10-18(21)16-17-8-2-1-3-9-17/h1-13H,14-16H2,(H,24,25). The lowest BCUT2D eigenvalue weighted by Gasteiger charge is -2.12. The van der Waals surface area contributed by atoms with Gasteiger partial charge in [0.2, 0.25) is 0 Å². The molecule has 1 N–H and O–H groups in total. The van der Waals surface area contributed by atoms with Gasteiger partial charge in [-0.2, -0.15) is 0 Å². The van der Waals surface area contributed by atoms with Crippen LogP contribution in [0, 0.1) is 0 Å². The van der Waals surface area contributed by atoms with Crippen LogP contribution in [-0.2, 0) is 6.42 Å². The minimum Gasteiger partial charge on any atom is -0.491 e. The maximum atomic E-state index is 12.2. The van der Waals surface area contributed by atoms with Crippen molar-refractivity contribution in [2.45, 2.75) is 6.42 Å². The molecule has 0 aliphatic heterocycles. The van der Waals surface area contributed by atoms with Crippen molar-refractivity contribution < 1.29 is 9.53 Å². The normalized spacial score (nSPS) is 10.3. The fourth-order valence-corrected chi connectivity index (χ4v) is 3.14. The molecule has 1 amide bonds. The van der Waals surface area contributed by atoms with Gasteiger partial charge in [-0.05, 0) is 45.3 Å². The fraction of sp³-hybridized carbons (Fsp3) is 0.136. The van der Waals surface area contributed by atoms with E-state index in [2.05, 4.69) is 39.4 Å². The molecule has 3 aromatic carbocycles. The Morgan fingerprint density at radius 3 is 2.38 bits per heavy atom. The molecule has 0 spiro atoms. The molecule has 0 unspecified atom stereocenters. The summed E-state index contributed by atoms with van der Waals surface area (Å²) in [6.07, 6.45) is 0.820. The van der Waals surface area contributed by atoms with Crippen LogP contribution in [0.2, 0.25) is 0 Å². The van der Waals surface area contributed by atoms with Gasteiger partial charge in [0.25, 0.3) is 5.91 Å². The van der Waals surface area contributed by atoms with E-state index in [1.807, 2.05) is 54.6 Å². The number of carbonyl (C=O) groups excluding carboxylic acids is 1. The lowest BCUT2D eigenvalue weighted by molar-refractivity contribution is 0.0946. The van der Waals surface area contributed by atoms with Gasteiger partial charge in [-0.3, -0.25) is 4.79 Å². The summed E-state index contributed by atoms with van der Waals surface area (Å²) in [4.78, 5) is 12.2. The molecule has 0 saturated heterocycles.